The fourth-order valence-corrected chi connectivity index (χ4v) is 3.43. The molecule has 2 aromatic carbocycles. The van der Waals surface area contributed by atoms with E-state index in [2.05, 4.69) is 4.98 Å². The first-order chi connectivity index (χ1) is 11.0. The second-order valence-corrected chi connectivity index (χ2v) is 5.68. The maximum absolute atomic E-state index is 13.7. The monoisotopic (exact) mass is 308 g/mol. The van der Waals surface area contributed by atoms with Crippen molar-refractivity contribution in [2.45, 2.75) is 6.92 Å². The van der Waals surface area contributed by atoms with Crippen molar-refractivity contribution in [2.24, 2.45) is 7.05 Å². The van der Waals surface area contributed by atoms with Gasteiger partial charge in [0.1, 0.15) is 5.82 Å². The average molecular weight is 308 g/mol. The average Bonchev–Trinajstić information content (AvgIpc) is 2.79. The second-order valence-electron chi connectivity index (χ2n) is 5.68. The highest BCUT2D eigenvalue weighted by atomic mass is 19.1. The van der Waals surface area contributed by atoms with Gasteiger partial charge in [-0.15, -0.1) is 0 Å². The van der Waals surface area contributed by atoms with E-state index >= 15 is 0 Å². The first-order valence-electron chi connectivity index (χ1n) is 7.18. The number of hydrogen-bond acceptors (Lipinski definition) is 2. The first-order valence-corrected chi connectivity index (χ1v) is 7.18. The highest BCUT2D eigenvalue weighted by Gasteiger charge is 2.17. The molecule has 2 aromatic heterocycles. The van der Waals surface area contributed by atoms with E-state index in [-0.39, 0.29) is 11.5 Å². The third kappa shape index (κ3) is 1.76. The molecule has 0 aliphatic rings. The molecule has 0 unspecified atom stereocenters. The van der Waals surface area contributed by atoms with E-state index in [9.17, 15) is 14.3 Å². The molecule has 4 rings (SSSR count). The Balaban J connectivity index is 2.32. The number of carbonyl (C=O) groups is 1. The number of rotatable bonds is 1. The minimum absolute atomic E-state index is 0.0147. The number of halogens is 1. The third-order valence-electron chi connectivity index (χ3n) is 4.44. The van der Waals surface area contributed by atoms with Crippen molar-refractivity contribution in [3.8, 4) is 0 Å². The number of aromatic carboxylic acids is 1. The topological polar surface area (TPSA) is 55.1 Å². The molecule has 0 saturated carbocycles. The van der Waals surface area contributed by atoms with Gasteiger partial charge in [0.05, 0.1) is 5.52 Å². The number of carboxylic acid groups (broad SMARTS) is 1. The summed E-state index contributed by atoms with van der Waals surface area (Å²) in [6.07, 6.45) is 1.51. The maximum Gasteiger partial charge on any atom is 0.355 e. The van der Waals surface area contributed by atoms with Crippen LogP contribution in [0.2, 0.25) is 0 Å². The molecule has 0 aliphatic heterocycles. The lowest BCUT2D eigenvalue weighted by molar-refractivity contribution is 0.0693. The quantitative estimate of drug-likeness (QED) is 0.577. The van der Waals surface area contributed by atoms with E-state index in [1.54, 1.807) is 12.1 Å². The van der Waals surface area contributed by atoms with Gasteiger partial charge in [-0.1, -0.05) is 0 Å². The number of pyridine rings is 1. The van der Waals surface area contributed by atoms with Crippen LogP contribution in [0.25, 0.3) is 32.6 Å². The molecule has 0 atom stereocenters. The van der Waals surface area contributed by atoms with E-state index < -0.39 is 5.97 Å². The summed E-state index contributed by atoms with van der Waals surface area (Å²) in [6.45, 7) is 1.95. The molecule has 0 saturated heterocycles. The van der Waals surface area contributed by atoms with Crippen molar-refractivity contribution < 1.29 is 14.3 Å². The summed E-state index contributed by atoms with van der Waals surface area (Å²) in [5.41, 5.74) is 2.85. The van der Waals surface area contributed by atoms with Crippen molar-refractivity contribution in [3.63, 3.8) is 0 Å². The van der Waals surface area contributed by atoms with Crippen LogP contribution in [-0.4, -0.2) is 20.6 Å². The number of aryl methyl sites for hydroxylation is 2. The summed E-state index contributed by atoms with van der Waals surface area (Å²) in [4.78, 5) is 15.4. The highest BCUT2D eigenvalue weighted by Crippen LogP contribution is 2.35. The van der Waals surface area contributed by atoms with Crippen molar-refractivity contribution in [3.05, 3.63) is 53.6 Å². The smallest absolute Gasteiger partial charge is 0.355 e. The van der Waals surface area contributed by atoms with Gasteiger partial charge in [-0.05, 0) is 48.2 Å². The van der Waals surface area contributed by atoms with Gasteiger partial charge >= 0.3 is 5.97 Å². The molecule has 0 radical (unpaired) electrons. The SMILES string of the molecule is Cc1c2ccnc(C(=O)O)c2cc2c3cc(F)ccc3n(C)c12. The molecule has 4 nitrogen and oxygen atoms in total. The lowest BCUT2D eigenvalue weighted by Gasteiger charge is -2.08. The lowest BCUT2D eigenvalue weighted by atomic mass is 10.0. The molecule has 23 heavy (non-hydrogen) atoms. The molecule has 114 valence electrons. The van der Waals surface area contributed by atoms with Gasteiger partial charge in [-0.3, -0.25) is 0 Å². The minimum Gasteiger partial charge on any atom is -0.476 e. The number of benzene rings is 2. The summed E-state index contributed by atoms with van der Waals surface area (Å²) in [6, 6.07) is 8.27. The van der Waals surface area contributed by atoms with Crippen LogP contribution in [0, 0.1) is 12.7 Å². The summed E-state index contributed by atoms with van der Waals surface area (Å²) < 4.78 is 15.7. The predicted molar refractivity (Wildman–Crippen MR) is 87.4 cm³/mol. The van der Waals surface area contributed by atoms with Crippen LogP contribution < -0.4 is 0 Å². The van der Waals surface area contributed by atoms with Gasteiger partial charge in [-0.2, -0.15) is 0 Å². The Bertz CT molecular complexity index is 1130. The number of aromatic nitrogens is 2. The Kier molecular flexibility index (Phi) is 2.69. The Morgan fingerprint density at radius 1 is 1.13 bits per heavy atom. The summed E-state index contributed by atoms with van der Waals surface area (Å²) in [5, 5.41) is 12.4. The molecule has 0 spiro atoms. The van der Waals surface area contributed by atoms with E-state index in [0.717, 1.165) is 32.8 Å². The van der Waals surface area contributed by atoms with Crippen LogP contribution in [0.5, 0.6) is 0 Å². The molecule has 1 N–H and O–H groups in total. The van der Waals surface area contributed by atoms with Crippen molar-refractivity contribution in [2.75, 3.05) is 0 Å². The summed E-state index contributed by atoms with van der Waals surface area (Å²) in [5.74, 6) is -1.38. The fourth-order valence-electron chi connectivity index (χ4n) is 3.43. The molecule has 5 heteroatoms. The molecule has 0 bridgehead atoms. The molecule has 0 aliphatic carbocycles. The van der Waals surface area contributed by atoms with Gasteiger partial charge in [0.2, 0.25) is 0 Å². The molecular weight excluding hydrogens is 295 g/mol. The zero-order valence-corrected chi connectivity index (χ0v) is 12.6. The first kappa shape index (κ1) is 13.7. The van der Waals surface area contributed by atoms with Crippen LogP contribution >= 0.6 is 0 Å². The van der Waals surface area contributed by atoms with Crippen molar-refractivity contribution in [1.82, 2.24) is 9.55 Å². The van der Waals surface area contributed by atoms with Gasteiger partial charge < -0.3 is 9.67 Å². The zero-order chi connectivity index (χ0) is 16.3. The predicted octanol–water partition coefficient (Wildman–Crippen LogP) is 4.03. The number of carboxylic acids is 1. The van der Waals surface area contributed by atoms with E-state index in [1.165, 1.54) is 18.3 Å². The number of hydrogen-bond donors (Lipinski definition) is 1. The van der Waals surface area contributed by atoms with Gasteiger partial charge in [0, 0.05) is 34.9 Å². The van der Waals surface area contributed by atoms with Crippen molar-refractivity contribution >= 4 is 38.5 Å². The molecule has 4 aromatic rings. The van der Waals surface area contributed by atoms with Crippen LogP contribution in [0.1, 0.15) is 16.1 Å². The Morgan fingerprint density at radius 3 is 2.65 bits per heavy atom. The zero-order valence-electron chi connectivity index (χ0n) is 12.6. The summed E-state index contributed by atoms with van der Waals surface area (Å²) >= 11 is 0. The third-order valence-corrected chi connectivity index (χ3v) is 4.44. The van der Waals surface area contributed by atoms with Crippen molar-refractivity contribution in [1.29, 1.82) is 0 Å². The van der Waals surface area contributed by atoms with Gasteiger partial charge in [0.15, 0.2) is 5.69 Å². The normalized spacial score (nSPS) is 11.6. The van der Waals surface area contributed by atoms with Gasteiger partial charge in [0.25, 0.3) is 0 Å². The molecule has 2 heterocycles. The van der Waals surface area contributed by atoms with Crippen LogP contribution in [0.15, 0.2) is 36.5 Å². The van der Waals surface area contributed by atoms with Crippen LogP contribution in [0.4, 0.5) is 4.39 Å². The van der Waals surface area contributed by atoms with E-state index in [4.69, 9.17) is 0 Å². The van der Waals surface area contributed by atoms with Crippen LogP contribution in [0.3, 0.4) is 0 Å². The molecule has 0 amide bonds. The number of fused-ring (bicyclic) bond motifs is 4. The van der Waals surface area contributed by atoms with E-state index in [0.29, 0.717) is 5.39 Å². The van der Waals surface area contributed by atoms with E-state index in [1.807, 2.05) is 24.6 Å². The molecule has 0 fully saturated rings. The number of nitrogens with zero attached hydrogens (tertiary/aromatic N) is 2. The second kappa shape index (κ2) is 4.52. The Hall–Kier alpha value is -2.95. The lowest BCUT2D eigenvalue weighted by Crippen LogP contribution is -2.01. The summed E-state index contributed by atoms with van der Waals surface area (Å²) in [7, 11) is 1.93. The fraction of sp³-hybridized carbons (Fsp3) is 0.111. The Morgan fingerprint density at radius 2 is 1.91 bits per heavy atom. The Labute approximate surface area is 130 Å². The molecular formula is C18H13FN2O2. The van der Waals surface area contributed by atoms with Crippen LogP contribution in [-0.2, 0) is 7.05 Å². The maximum atomic E-state index is 13.7. The highest BCUT2D eigenvalue weighted by molar-refractivity contribution is 6.16. The standard InChI is InChI=1S/C18H13FN2O2/c1-9-11-5-6-20-16(18(22)23)13(11)8-14-12-7-10(19)3-4-15(12)21(2)17(9)14/h3-8H,1-2H3,(H,22,23). The van der Waals surface area contributed by atoms with Gasteiger partial charge in [-0.25, -0.2) is 14.2 Å². The minimum atomic E-state index is -1.07. The largest absolute Gasteiger partial charge is 0.476 e.